The fraction of sp³-hybridized carbons (Fsp3) is 0.167. The van der Waals surface area contributed by atoms with E-state index >= 15 is 0 Å². The molecule has 0 fully saturated rings. The Balaban J connectivity index is 2.05. The first-order chi connectivity index (χ1) is 15.0. The first-order valence-corrected chi connectivity index (χ1v) is 9.75. The molecule has 158 valence electrons. The topological polar surface area (TPSA) is 95.7 Å². The molecule has 0 aliphatic carbocycles. The van der Waals surface area contributed by atoms with Crippen LogP contribution in [-0.4, -0.2) is 30.0 Å². The minimum Gasteiger partial charge on any atom is -0.460 e. The molecular weight excluding hydrogens is 398 g/mol. The van der Waals surface area contributed by atoms with Crippen LogP contribution in [0.4, 0.5) is 0 Å². The standard InChI is InChI=1S/C24H21NO6/c1-2-30-24(27)22(31-23(26)18-10-4-3-5-11-18)15-19(16-25(28)29)21-14-8-12-17-9-6-7-13-20(17)21/h3-15,19H,2,16H2,1H3/b22-15-/t19-/m1/s1. The van der Waals surface area contributed by atoms with Crippen LogP contribution in [0.5, 0.6) is 0 Å². The quantitative estimate of drug-likeness (QED) is 0.175. The molecule has 0 spiro atoms. The van der Waals surface area contributed by atoms with Crippen LogP contribution in [0.15, 0.2) is 84.6 Å². The largest absolute Gasteiger partial charge is 0.460 e. The summed E-state index contributed by atoms with van der Waals surface area (Å²) < 4.78 is 10.3. The molecule has 0 bridgehead atoms. The van der Waals surface area contributed by atoms with Crippen molar-refractivity contribution in [3.8, 4) is 0 Å². The third kappa shape index (κ3) is 5.54. The predicted molar refractivity (Wildman–Crippen MR) is 115 cm³/mol. The van der Waals surface area contributed by atoms with E-state index in [1.807, 2.05) is 30.3 Å². The van der Waals surface area contributed by atoms with E-state index in [4.69, 9.17) is 9.47 Å². The smallest absolute Gasteiger partial charge is 0.374 e. The Morgan fingerprint density at radius 2 is 1.68 bits per heavy atom. The summed E-state index contributed by atoms with van der Waals surface area (Å²) >= 11 is 0. The molecule has 3 rings (SSSR count). The van der Waals surface area contributed by atoms with Crippen LogP contribution in [0.1, 0.15) is 28.8 Å². The van der Waals surface area contributed by atoms with Gasteiger partial charge in [0.2, 0.25) is 12.3 Å². The highest BCUT2D eigenvalue weighted by atomic mass is 16.6. The summed E-state index contributed by atoms with van der Waals surface area (Å²) in [4.78, 5) is 35.9. The van der Waals surface area contributed by atoms with Gasteiger partial charge in [-0.25, -0.2) is 9.59 Å². The lowest BCUT2D eigenvalue weighted by molar-refractivity contribution is -0.481. The Kier molecular flexibility index (Phi) is 7.11. The number of nitrogens with zero attached hydrogens (tertiary/aromatic N) is 1. The predicted octanol–water partition coefficient (Wildman–Crippen LogP) is 4.50. The van der Waals surface area contributed by atoms with Crippen molar-refractivity contribution in [2.24, 2.45) is 0 Å². The Bertz CT molecular complexity index is 1120. The number of carbonyl (C=O) groups is 2. The molecule has 7 heteroatoms. The van der Waals surface area contributed by atoms with E-state index in [0.29, 0.717) is 5.56 Å². The van der Waals surface area contributed by atoms with Gasteiger partial charge in [0, 0.05) is 4.92 Å². The number of nitro groups is 1. The Morgan fingerprint density at radius 3 is 2.39 bits per heavy atom. The Hall–Kier alpha value is -4.00. The molecule has 0 radical (unpaired) electrons. The van der Waals surface area contributed by atoms with E-state index in [1.54, 1.807) is 49.4 Å². The summed E-state index contributed by atoms with van der Waals surface area (Å²) in [6, 6.07) is 21.1. The molecule has 3 aromatic carbocycles. The number of hydrogen-bond acceptors (Lipinski definition) is 6. The fourth-order valence-corrected chi connectivity index (χ4v) is 3.24. The fourth-order valence-electron chi connectivity index (χ4n) is 3.24. The number of ether oxygens (including phenoxy) is 2. The number of rotatable bonds is 8. The molecule has 0 aromatic heterocycles. The second-order valence-corrected chi connectivity index (χ2v) is 6.70. The van der Waals surface area contributed by atoms with Crippen LogP contribution in [0.25, 0.3) is 10.8 Å². The molecule has 0 aliphatic heterocycles. The van der Waals surface area contributed by atoms with Crippen LogP contribution in [0.3, 0.4) is 0 Å². The molecule has 0 N–H and O–H groups in total. The van der Waals surface area contributed by atoms with Gasteiger partial charge in [0.25, 0.3) is 0 Å². The highest BCUT2D eigenvalue weighted by Gasteiger charge is 2.25. The summed E-state index contributed by atoms with van der Waals surface area (Å²) in [6.07, 6.45) is 1.30. The third-order valence-electron chi connectivity index (χ3n) is 4.61. The first kappa shape index (κ1) is 21.7. The van der Waals surface area contributed by atoms with Gasteiger partial charge in [-0.3, -0.25) is 10.1 Å². The van der Waals surface area contributed by atoms with Crippen molar-refractivity contribution in [3.05, 3.63) is 106 Å². The van der Waals surface area contributed by atoms with Crippen molar-refractivity contribution in [2.45, 2.75) is 12.8 Å². The van der Waals surface area contributed by atoms with E-state index in [1.165, 1.54) is 6.08 Å². The molecule has 3 aromatic rings. The highest BCUT2D eigenvalue weighted by molar-refractivity contribution is 5.95. The van der Waals surface area contributed by atoms with Gasteiger partial charge >= 0.3 is 11.9 Å². The molecule has 0 aliphatic rings. The van der Waals surface area contributed by atoms with Gasteiger partial charge in [0.15, 0.2) is 0 Å². The second kappa shape index (κ2) is 10.2. The molecule has 7 nitrogen and oxygen atoms in total. The average Bonchev–Trinajstić information content (AvgIpc) is 2.78. The van der Waals surface area contributed by atoms with Gasteiger partial charge in [-0.15, -0.1) is 0 Å². The number of esters is 2. The van der Waals surface area contributed by atoms with Crippen LogP contribution >= 0.6 is 0 Å². The molecule has 1 atom stereocenters. The zero-order valence-electron chi connectivity index (χ0n) is 16.9. The highest BCUT2D eigenvalue weighted by Crippen LogP contribution is 2.28. The van der Waals surface area contributed by atoms with Crippen molar-refractivity contribution >= 4 is 22.7 Å². The lowest BCUT2D eigenvalue weighted by Crippen LogP contribution is -2.18. The second-order valence-electron chi connectivity index (χ2n) is 6.70. The summed E-state index contributed by atoms with van der Waals surface area (Å²) in [6.45, 7) is 1.20. The van der Waals surface area contributed by atoms with Crippen molar-refractivity contribution in [1.29, 1.82) is 0 Å². The van der Waals surface area contributed by atoms with Gasteiger partial charge in [-0.2, -0.15) is 0 Å². The normalized spacial score (nSPS) is 12.2. The van der Waals surface area contributed by atoms with E-state index in [-0.39, 0.29) is 17.9 Å². The lowest BCUT2D eigenvalue weighted by atomic mass is 9.92. The molecule has 0 heterocycles. The van der Waals surface area contributed by atoms with Crippen molar-refractivity contribution < 1.29 is 24.0 Å². The van der Waals surface area contributed by atoms with Gasteiger partial charge in [0.1, 0.15) is 0 Å². The molecule has 0 unspecified atom stereocenters. The molecule has 0 amide bonds. The Morgan fingerprint density at radius 1 is 1.00 bits per heavy atom. The van der Waals surface area contributed by atoms with Crippen LogP contribution in [0, 0.1) is 10.1 Å². The van der Waals surface area contributed by atoms with Crippen molar-refractivity contribution in [3.63, 3.8) is 0 Å². The van der Waals surface area contributed by atoms with Crippen molar-refractivity contribution in [1.82, 2.24) is 0 Å². The lowest BCUT2D eigenvalue weighted by Gasteiger charge is -2.15. The van der Waals surface area contributed by atoms with Crippen LogP contribution in [-0.2, 0) is 14.3 Å². The summed E-state index contributed by atoms with van der Waals surface area (Å²) in [7, 11) is 0. The maximum absolute atomic E-state index is 12.5. The first-order valence-electron chi connectivity index (χ1n) is 9.75. The number of fused-ring (bicyclic) bond motifs is 1. The summed E-state index contributed by atoms with van der Waals surface area (Å²) in [5.74, 6) is -2.81. The number of benzene rings is 3. The number of hydrogen-bond donors (Lipinski definition) is 0. The van der Waals surface area contributed by atoms with Gasteiger partial charge in [-0.1, -0.05) is 60.7 Å². The maximum Gasteiger partial charge on any atom is 0.374 e. The summed E-state index contributed by atoms with van der Waals surface area (Å²) in [5.41, 5.74) is 0.890. The minimum atomic E-state index is -0.861. The van der Waals surface area contributed by atoms with Crippen LogP contribution < -0.4 is 0 Å². The van der Waals surface area contributed by atoms with E-state index in [0.717, 1.165) is 10.8 Å². The van der Waals surface area contributed by atoms with Gasteiger partial charge in [0.05, 0.1) is 18.1 Å². The third-order valence-corrected chi connectivity index (χ3v) is 4.61. The van der Waals surface area contributed by atoms with Gasteiger partial charge < -0.3 is 9.47 Å². The van der Waals surface area contributed by atoms with Gasteiger partial charge in [-0.05, 0) is 41.5 Å². The monoisotopic (exact) mass is 419 g/mol. The van der Waals surface area contributed by atoms with E-state index in [2.05, 4.69) is 0 Å². The molecule has 31 heavy (non-hydrogen) atoms. The molecule has 0 saturated heterocycles. The van der Waals surface area contributed by atoms with E-state index in [9.17, 15) is 19.7 Å². The number of carbonyl (C=O) groups excluding carboxylic acids is 2. The zero-order chi connectivity index (χ0) is 22.2. The molecule has 0 saturated carbocycles. The van der Waals surface area contributed by atoms with Crippen LogP contribution in [0.2, 0.25) is 0 Å². The maximum atomic E-state index is 12.5. The Labute approximate surface area is 179 Å². The summed E-state index contributed by atoms with van der Waals surface area (Å²) in [5, 5.41) is 13.1. The zero-order valence-corrected chi connectivity index (χ0v) is 16.9. The van der Waals surface area contributed by atoms with E-state index < -0.39 is 29.3 Å². The van der Waals surface area contributed by atoms with Crippen molar-refractivity contribution in [2.75, 3.05) is 13.2 Å². The SMILES string of the molecule is CCOC(=O)/C(=C/[C@H](C[N+](=O)[O-])c1cccc2ccccc12)OC(=O)c1ccccc1. The minimum absolute atomic E-state index is 0.0627. The average molecular weight is 419 g/mol. The molecular formula is C24H21NO6.